The van der Waals surface area contributed by atoms with E-state index in [4.69, 9.17) is 33.0 Å². The highest BCUT2D eigenvalue weighted by atomic mass is 35.5. The number of carbonyl (C=O) groups excluding carboxylic acids is 1. The second kappa shape index (κ2) is 7.42. The van der Waals surface area contributed by atoms with Crippen LogP contribution in [-0.2, 0) is 4.79 Å². The van der Waals surface area contributed by atoms with E-state index in [0.717, 1.165) is 6.07 Å². The zero-order valence-corrected chi connectivity index (χ0v) is 13.9. The summed E-state index contributed by atoms with van der Waals surface area (Å²) in [6.07, 6.45) is -0.897. The molecule has 2 rings (SSSR count). The molecule has 0 fully saturated rings. The molecular weight excluding hydrogens is 357 g/mol. The summed E-state index contributed by atoms with van der Waals surface area (Å²) in [5.74, 6) is -1.91. The van der Waals surface area contributed by atoms with E-state index in [9.17, 15) is 14.7 Å². The van der Waals surface area contributed by atoms with Crippen molar-refractivity contribution in [3.05, 3.63) is 52.0 Å². The molecule has 1 amide bonds. The van der Waals surface area contributed by atoms with Crippen LogP contribution in [0, 0.1) is 0 Å². The van der Waals surface area contributed by atoms with E-state index >= 15 is 0 Å². The average molecular weight is 370 g/mol. The van der Waals surface area contributed by atoms with Crippen molar-refractivity contribution in [1.82, 2.24) is 0 Å². The van der Waals surface area contributed by atoms with Gasteiger partial charge >= 0.3 is 5.97 Å². The molecule has 0 bridgehead atoms. The van der Waals surface area contributed by atoms with Crippen molar-refractivity contribution in [2.75, 3.05) is 5.32 Å². The molecule has 0 saturated carbocycles. The fourth-order valence-electron chi connectivity index (χ4n) is 1.84. The van der Waals surface area contributed by atoms with Gasteiger partial charge in [0, 0.05) is 10.7 Å². The Hall–Kier alpha value is -2.44. The van der Waals surface area contributed by atoms with E-state index < -0.39 is 23.7 Å². The van der Waals surface area contributed by atoms with Gasteiger partial charge in [0.2, 0.25) is 0 Å². The lowest BCUT2D eigenvalue weighted by Gasteiger charge is -2.16. The molecule has 0 spiro atoms. The van der Waals surface area contributed by atoms with E-state index in [1.807, 2.05) is 0 Å². The van der Waals surface area contributed by atoms with Gasteiger partial charge in [-0.15, -0.1) is 0 Å². The summed E-state index contributed by atoms with van der Waals surface area (Å²) in [5, 5.41) is 21.6. The molecule has 0 aliphatic rings. The number of carboxylic acids is 1. The minimum absolute atomic E-state index is 0.216. The van der Waals surface area contributed by atoms with Gasteiger partial charge in [0.25, 0.3) is 5.91 Å². The molecule has 2 aromatic rings. The van der Waals surface area contributed by atoms with Crippen LogP contribution in [0.5, 0.6) is 11.5 Å². The number of amides is 1. The molecule has 3 N–H and O–H groups in total. The molecule has 1 atom stereocenters. The summed E-state index contributed by atoms with van der Waals surface area (Å²) >= 11 is 11.8. The number of carboxylic acid groups (broad SMARTS) is 1. The number of aromatic carboxylic acids is 1. The number of hydrogen-bond donors (Lipinski definition) is 3. The Morgan fingerprint density at radius 2 is 1.88 bits per heavy atom. The predicted molar refractivity (Wildman–Crippen MR) is 90.2 cm³/mol. The fourth-order valence-corrected chi connectivity index (χ4v) is 2.30. The molecule has 24 heavy (non-hydrogen) atoms. The molecule has 0 aliphatic carbocycles. The molecule has 0 radical (unpaired) electrons. The van der Waals surface area contributed by atoms with Crippen molar-refractivity contribution in [2.24, 2.45) is 0 Å². The zero-order valence-electron chi connectivity index (χ0n) is 12.4. The lowest BCUT2D eigenvalue weighted by Crippen LogP contribution is -2.30. The van der Waals surface area contributed by atoms with Crippen molar-refractivity contribution in [1.29, 1.82) is 0 Å². The average Bonchev–Trinajstić information content (AvgIpc) is 2.51. The van der Waals surface area contributed by atoms with Gasteiger partial charge in [0.1, 0.15) is 17.1 Å². The largest absolute Gasteiger partial charge is 0.507 e. The first-order valence-electron chi connectivity index (χ1n) is 6.77. The number of rotatable bonds is 5. The van der Waals surface area contributed by atoms with Crippen LogP contribution in [0.4, 0.5) is 5.69 Å². The number of phenols is 1. The van der Waals surface area contributed by atoms with Crippen molar-refractivity contribution in [3.63, 3.8) is 0 Å². The molecule has 6 nitrogen and oxygen atoms in total. The maximum absolute atomic E-state index is 12.1. The van der Waals surface area contributed by atoms with Crippen LogP contribution in [0.3, 0.4) is 0 Å². The maximum Gasteiger partial charge on any atom is 0.339 e. The van der Waals surface area contributed by atoms with Gasteiger partial charge in [-0.1, -0.05) is 23.2 Å². The number of nitrogens with one attached hydrogen (secondary N) is 1. The summed E-state index contributed by atoms with van der Waals surface area (Å²) in [5.41, 5.74) is -0.102. The highest BCUT2D eigenvalue weighted by molar-refractivity contribution is 6.35. The van der Waals surface area contributed by atoms with Gasteiger partial charge in [0.15, 0.2) is 6.10 Å². The lowest BCUT2D eigenvalue weighted by atomic mass is 10.1. The van der Waals surface area contributed by atoms with Gasteiger partial charge in [-0.25, -0.2) is 4.79 Å². The molecule has 8 heteroatoms. The van der Waals surface area contributed by atoms with Gasteiger partial charge in [0.05, 0.1) is 5.02 Å². The molecule has 0 aliphatic heterocycles. The maximum atomic E-state index is 12.1. The van der Waals surface area contributed by atoms with Gasteiger partial charge < -0.3 is 20.3 Å². The van der Waals surface area contributed by atoms with Crippen LogP contribution in [0.25, 0.3) is 0 Å². The Morgan fingerprint density at radius 1 is 1.17 bits per heavy atom. The SMILES string of the molecule is C[C@H](Oc1ccc(Cl)cc1Cl)C(=O)Nc1ccc(O)c(C(=O)O)c1. The van der Waals surface area contributed by atoms with E-state index in [1.165, 1.54) is 31.2 Å². The number of halogens is 2. The normalized spacial score (nSPS) is 11.6. The predicted octanol–water partition coefficient (Wildman–Crippen LogP) is 3.80. The Morgan fingerprint density at radius 3 is 2.50 bits per heavy atom. The number of benzene rings is 2. The van der Waals surface area contributed by atoms with Crippen LogP contribution in [0.1, 0.15) is 17.3 Å². The summed E-state index contributed by atoms with van der Waals surface area (Å²) in [7, 11) is 0. The van der Waals surface area contributed by atoms with Gasteiger partial charge in [-0.3, -0.25) is 4.79 Å². The number of carbonyl (C=O) groups is 2. The fraction of sp³-hybridized carbons (Fsp3) is 0.125. The highest BCUT2D eigenvalue weighted by Gasteiger charge is 2.18. The third-order valence-corrected chi connectivity index (χ3v) is 3.59. The second-order valence-corrected chi connectivity index (χ2v) is 5.70. The van der Waals surface area contributed by atoms with Crippen molar-refractivity contribution in [3.8, 4) is 11.5 Å². The van der Waals surface area contributed by atoms with E-state index in [1.54, 1.807) is 6.07 Å². The lowest BCUT2D eigenvalue weighted by molar-refractivity contribution is -0.122. The standard InChI is InChI=1S/C16H13Cl2NO5/c1-8(24-14-5-2-9(17)6-12(14)18)15(21)19-10-3-4-13(20)11(7-10)16(22)23/h2-8,20H,1H3,(H,19,21)(H,22,23)/t8-/m0/s1. The van der Waals surface area contributed by atoms with Crippen LogP contribution in [-0.4, -0.2) is 28.2 Å². The first-order chi connectivity index (χ1) is 11.3. The van der Waals surface area contributed by atoms with Gasteiger partial charge in [-0.2, -0.15) is 0 Å². The second-order valence-electron chi connectivity index (χ2n) is 4.86. The smallest absolute Gasteiger partial charge is 0.339 e. The Kier molecular flexibility index (Phi) is 5.54. The molecular formula is C16H13Cl2NO5. The number of aromatic hydroxyl groups is 1. The third kappa shape index (κ3) is 4.31. The van der Waals surface area contributed by atoms with Crippen LogP contribution in [0.15, 0.2) is 36.4 Å². The van der Waals surface area contributed by atoms with Crippen molar-refractivity contribution >= 4 is 40.8 Å². The Labute approximate surface area is 147 Å². The molecule has 0 aromatic heterocycles. The topological polar surface area (TPSA) is 95.9 Å². The van der Waals surface area contributed by atoms with E-state index in [-0.39, 0.29) is 16.3 Å². The quantitative estimate of drug-likeness (QED) is 0.696. The zero-order chi connectivity index (χ0) is 17.9. The van der Waals surface area contributed by atoms with Crippen LogP contribution in [0.2, 0.25) is 10.0 Å². The first-order valence-corrected chi connectivity index (χ1v) is 7.52. The van der Waals surface area contributed by atoms with Crippen LogP contribution >= 0.6 is 23.2 Å². The van der Waals surface area contributed by atoms with Crippen molar-refractivity contribution in [2.45, 2.75) is 13.0 Å². The van der Waals surface area contributed by atoms with Crippen LogP contribution < -0.4 is 10.1 Å². The summed E-state index contributed by atoms with van der Waals surface area (Å²) < 4.78 is 5.47. The van der Waals surface area contributed by atoms with E-state index in [2.05, 4.69) is 5.32 Å². The summed E-state index contributed by atoms with van der Waals surface area (Å²) in [6, 6.07) is 8.31. The molecule has 0 unspecified atom stereocenters. The first kappa shape index (κ1) is 17.9. The molecule has 126 valence electrons. The Balaban J connectivity index is 2.09. The number of anilines is 1. The molecule has 0 saturated heterocycles. The third-order valence-electron chi connectivity index (χ3n) is 3.06. The summed E-state index contributed by atoms with van der Waals surface area (Å²) in [4.78, 5) is 23.1. The molecule has 0 heterocycles. The minimum Gasteiger partial charge on any atom is -0.507 e. The molecule has 2 aromatic carbocycles. The number of ether oxygens (including phenoxy) is 1. The van der Waals surface area contributed by atoms with Gasteiger partial charge in [-0.05, 0) is 43.3 Å². The number of hydrogen-bond acceptors (Lipinski definition) is 4. The van der Waals surface area contributed by atoms with Crippen molar-refractivity contribution < 1.29 is 24.5 Å². The monoisotopic (exact) mass is 369 g/mol. The Bertz CT molecular complexity index is 794. The van der Waals surface area contributed by atoms with E-state index in [0.29, 0.717) is 10.8 Å². The highest BCUT2D eigenvalue weighted by Crippen LogP contribution is 2.28. The minimum atomic E-state index is -1.30. The summed E-state index contributed by atoms with van der Waals surface area (Å²) in [6.45, 7) is 1.51.